The van der Waals surface area contributed by atoms with E-state index in [-0.39, 0.29) is 71.9 Å². The van der Waals surface area contributed by atoms with Gasteiger partial charge in [0, 0.05) is 18.4 Å². The molecule has 2 aromatic rings. The highest BCUT2D eigenvalue weighted by Gasteiger charge is 2.46. The first kappa shape index (κ1) is 59.5. The fraction of sp³-hybridized carbons (Fsp3) is 0.419. The number of hydrogen-bond acceptors (Lipinski definition) is 11. The highest BCUT2D eigenvalue weighted by molar-refractivity contribution is 6.01. The number of hydrogen-bond donors (Lipinski definition) is 3. The lowest BCUT2D eigenvalue weighted by Gasteiger charge is -2.43. The number of Topliss-reactive ketones (excluding diaryl/α,β-unsaturated/α-hetero) is 2. The third kappa shape index (κ3) is 19.4. The van der Waals surface area contributed by atoms with Crippen molar-refractivity contribution in [3.05, 3.63) is 149 Å². The molecule has 0 bridgehead atoms. The molecule has 74 heavy (non-hydrogen) atoms. The van der Waals surface area contributed by atoms with Gasteiger partial charge in [0.25, 0.3) is 0 Å². The Morgan fingerprint density at radius 3 is 1.93 bits per heavy atom. The lowest BCUT2D eigenvalue weighted by Crippen LogP contribution is -2.47. The van der Waals surface area contributed by atoms with E-state index in [1.807, 2.05) is 65.0 Å². The number of ketones is 2. The van der Waals surface area contributed by atoms with E-state index in [4.69, 9.17) is 19.3 Å². The molecule has 6 unspecified atom stereocenters. The number of rotatable bonds is 23. The van der Waals surface area contributed by atoms with Gasteiger partial charge in [-0.2, -0.15) is 0 Å². The molecule has 12 heteroatoms. The number of aliphatic carboxylic acids is 1. The van der Waals surface area contributed by atoms with Gasteiger partial charge in [0.1, 0.15) is 17.2 Å². The molecule has 396 valence electrons. The SMILES string of the molecule is CC1=C(/C=C/C(C)=C/C=C/C(C)=C/C=C/CC(C)/C=C/CC(C)/C=C/C2C(C)C(=O)C(OC(=O)CCC(=O)O)CC2(C)C)C(C)(C)CC(OC(=O)CCC(=O)Oc2ccc(/C=C/c3cc(O)cc(O)c3)cc2)C1=O. The molecule has 0 radical (unpaired) electrons. The predicted octanol–water partition coefficient (Wildman–Crippen LogP) is 12.9. The van der Waals surface area contributed by atoms with Gasteiger partial charge in [-0.15, -0.1) is 0 Å². The van der Waals surface area contributed by atoms with Crippen molar-refractivity contribution < 1.29 is 58.3 Å². The summed E-state index contributed by atoms with van der Waals surface area (Å²) in [6.45, 7) is 20.2. The van der Waals surface area contributed by atoms with E-state index in [0.29, 0.717) is 35.6 Å². The number of ether oxygens (including phenoxy) is 3. The molecule has 0 aromatic heterocycles. The molecule has 4 rings (SSSR count). The number of carboxylic acid groups (broad SMARTS) is 1. The Morgan fingerprint density at radius 2 is 1.27 bits per heavy atom. The van der Waals surface area contributed by atoms with Crippen LogP contribution in [0.25, 0.3) is 12.2 Å². The molecule has 2 aromatic carbocycles. The zero-order valence-electron chi connectivity index (χ0n) is 44.8. The summed E-state index contributed by atoms with van der Waals surface area (Å²) in [5.41, 5.74) is 4.13. The third-order valence-corrected chi connectivity index (χ3v) is 13.4. The quantitative estimate of drug-likeness (QED) is 0.0314. The average Bonchev–Trinajstić information content (AvgIpc) is 3.31. The van der Waals surface area contributed by atoms with Crippen LogP contribution in [0.4, 0.5) is 0 Å². The summed E-state index contributed by atoms with van der Waals surface area (Å²) in [5.74, 6) is -2.91. The first-order chi connectivity index (χ1) is 34.8. The number of aromatic hydroxyl groups is 2. The van der Waals surface area contributed by atoms with Crippen molar-refractivity contribution in [3.8, 4) is 17.2 Å². The van der Waals surface area contributed by atoms with Gasteiger partial charge >= 0.3 is 23.9 Å². The number of allylic oxidation sites excluding steroid dienone is 15. The van der Waals surface area contributed by atoms with Crippen LogP contribution in [0, 0.1) is 34.5 Å². The summed E-state index contributed by atoms with van der Waals surface area (Å²) in [5, 5.41) is 28.2. The predicted molar refractivity (Wildman–Crippen MR) is 290 cm³/mol. The van der Waals surface area contributed by atoms with Crippen molar-refractivity contribution in [2.75, 3.05) is 0 Å². The van der Waals surface area contributed by atoms with Crippen LogP contribution in [0.2, 0.25) is 0 Å². The van der Waals surface area contributed by atoms with Gasteiger partial charge in [0.2, 0.25) is 0 Å². The molecule has 1 fully saturated rings. The summed E-state index contributed by atoms with van der Waals surface area (Å²) in [7, 11) is 0. The van der Waals surface area contributed by atoms with Crippen molar-refractivity contribution in [2.45, 2.75) is 133 Å². The van der Waals surface area contributed by atoms with Crippen molar-refractivity contribution in [1.82, 2.24) is 0 Å². The second-order valence-electron chi connectivity index (χ2n) is 21.1. The van der Waals surface area contributed by atoms with E-state index in [0.717, 1.165) is 35.1 Å². The second kappa shape index (κ2) is 27.8. The number of phenols is 2. The van der Waals surface area contributed by atoms with Gasteiger partial charge in [-0.3, -0.25) is 28.8 Å². The first-order valence-electron chi connectivity index (χ1n) is 25.5. The maximum atomic E-state index is 13.4. The molecule has 1 saturated carbocycles. The Bertz CT molecular complexity index is 2610. The molecule has 0 saturated heterocycles. The van der Waals surface area contributed by atoms with Crippen LogP contribution in [0.5, 0.6) is 17.2 Å². The lowest BCUT2D eigenvalue weighted by atomic mass is 9.62. The van der Waals surface area contributed by atoms with Gasteiger partial charge in [-0.1, -0.05) is 157 Å². The van der Waals surface area contributed by atoms with Gasteiger partial charge in [-0.05, 0) is 115 Å². The van der Waals surface area contributed by atoms with E-state index in [1.54, 1.807) is 43.3 Å². The molecule has 3 N–H and O–H groups in total. The van der Waals surface area contributed by atoms with Crippen LogP contribution in [0.1, 0.15) is 132 Å². The monoisotopic (exact) mass is 1010 g/mol. The maximum Gasteiger partial charge on any atom is 0.311 e. The Balaban J connectivity index is 1.18. The van der Waals surface area contributed by atoms with Crippen LogP contribution >= 0.6 is 0 Å². The number of carboxylic acids is 1. The minimum atomic E-state index is -1.08. The molecule has 0 spiro atoms. The number of benzene rings is 2. The minimum Gasteiger partial charge on any atom is -0.508 e. The molecular formula is C62H76O12. The highest BCUT2D eigenvalue weighted by Crippen LogP contribution is 2.45. The Hall–Kier alpha value is -7.08. The summed E-state index contributed by atoms with van der Waals surface area (Å²) in [6, 6.07) is 11.0. The smallest absolute Gasteiger partial charge is 0.311 e. The zero-order valence-corrected chi connectivity index (χ0v) is 44.8. The maximum absolute atomic E-state index is 13.4. The molecule has 2 aliphatic rings. The number of carbonyl (C=O) groups excluding carboxylic acids is 5. The van der Waals surface area contributed by atoms with Crippen molar-refractivity contribution >= 4 is 47.6 Å². The fourth-order valence-electron chi connectivity index (χ4n) is 9.15. The Labute approximate surface area is 437 Å². The van der Waals surface area contributed by atoms with Crippen molar-refractivity contribution in [2.24, 2.45) is 34.5 Å². The number of phenolic OH excluding ortho intramolecular Hbond substituents is 2. The van der Waals surface area contributed by atoms with Crippen LogP contribution in [-0.4, -0.2) is 63.0 Å². The van der Waals surface area contributed by atoms with Gasteiger partial charge in [0.15, 0.2) is 23.8 Å². The first-order valence-corrected chi connectivity index (χ1v) is 25.5. The number of carbonyl (C=O) groups is 6. The summed E-state index contributed by atoms with van der Waals surface area (Å²) >= 11 is 0. The fourth-order valence-corrected chi connectivity index (χ4v) is 9.15. The summed E-state index contributed by atoms with van der Waals surface area (Å²) < 4.78 is 16.4. The zero-order chi connectivity index (χ0) is 54.8. The van der Waals surface area contributed by atoms with Crippen LogP contribution in [0.15, 0.2) is 138 Å². The molecule has 12 nitrogen and oxygen atoms in total. The minimum absolute atomic E-state index is 0.0105. The second-order valence-corrected chi connectivity index (χ2v) is 21.1. The lowest BCUT2D eigenvalue weighted by molar-refractivity contribution is -0.164. The topological polar surface area (TPSA) is 191 Å². The summed E-state index contributed by atoms with van der Waals surface area (Å²) in [4.78, 5) is 74.9. The normalized spacial score (nSPS) is 21.4. The van der Waals surface area contributed by atoms with E-state index in [9.17, 15) is 39.0 Å². The van der Waals surface area contributed by atoms with Crippen molar-refractivity contribution in [3.63, 3.8) is 0 Å². The van der Waals surface area contributed by atoms with E-state index in [1.165, 1.54) is 18.2 Å². The van der Waals surface area contributed by atoms with Crippen molar-refractivity contribution in [1.29, 1.82) is 0 Å². The summed E-state index contributed by atoms with van der Waals surface area (Å²) in [6.07, 6.45) is 28.1. The average molecular weight is 1010 g/mol. The van der Waals surface area contributed by atoms with Crippen LogP contribution in [0.3, 0.4) is 0 Å². The van der Waals surface area contributed by atoms with E-state index >= 15 is 0 Å². The molecule has 0 amide bonds. The Morgan fingerprint density at radius 1 is 0.703 bits per heavy atom. The van der Waals surface area contributed by atoms with E-state index < -0.39 is 41.5 Å². The van der Waals surface area contributed by atoms with Gasteiger partial charge in [-0.25, -0.2) is 0 Å². The molecule has 2 aliphatic carbocycles. The molecule has 0 aliphatic heterocycles. The third-order valence-electron chi connectivity index (χ3n) is 13.4. The van der Waals surface area contributed by atoms with Gasteiger partial charge < -0.3 is 29.5 Å². The Kier molecular flexibility index (Phi) is 22.4. The standard InChI is InChI=1S/C62H76O12/c1-40(17-13-19-42(3)21-29-51-44(5)59(70)53(38-61(51,7)8)73-57(68)32-31-55(65)66)15-11-12-16-41(2)18-14-20-43(4)22-30-52-45(6)60(71)54(39-62(52,9)10)74-58(69)34-33-56(67)72-50-27-25-46(26-28-50)23-24-47-35-48(63)37-49(64)36-47/h11-14,16-18,20-30,35-37,40,42,44,51,53-54,63-64H,15,19,31-34,38-39H2,1-10H3,(H,65,66)/b12-11+,17-13+,18-14+,24-23+,29-21+,30-22+,41-16+,43-20+. The number of esters is 3. The molecule has 6 atom stereocenters. The largest absolute Gasteiger partial charge is 0.508 e. The molecular weight excluding hydrogens is 937 g/mol. The van der Waals surface area contributed by atoms with E-state index in [2.05, 4.69) is 70.2 Å². The van der Waals surface area contributed by atoms with Gasteiger partial charge in [0.05, 0.1) is 25.7 Å². The van der Waals surface area contributed by atoms with Crippen LogP contribution < -0.4 is 4.74 Å². The van der Waals surface area contributed by atoms with Crippen LogP contribution in [-0.2, 0) is 38.2 Å². The molecule has 0 heterocycles. The highest BCUT2D eigenvalue weighted by atomic mass is 16.6.